The van der Waals surface area contributed by atoms with Crippen molar-refractivity contribution in [2.75, 3.05) is 20.3 Å². The van der Waals surface area contributed by atoms with Gasteiger partial charge in [-0.1, -0.05) is 12.1 Å². The topological polar surface area (TPSA) is 102 Å². The van der Waals surface area contributed by atoms with E-state index in [1.165, 1.54) is 31.4 Å². The van der Waals surface area contributed by atoms with Gasteiger partial charge in [0.05, 0.1) is 11.5 Å². The number of ether oxygens (including phenoxy) is 1. The van der Waals surface area contributed by atoms with Crippen LogP contribution in [0.5, 0.6) is 0 Å². The quantitative estimate of drug-likeness (QED) is 0.427. The number of nitro groups is 1. The van der Waals surface area contributed by atoms with Gasteiger partial charge >= 0.3 is 5.97 Å². The van der Waals surface area contributed by atoms with Crippen LogP contribution >= 0.6 is 0 Å². The van der Waals surface area contributed by atoms with E-state index in [4.69, 9.17) is 9.84 Å². The van der Waals surface area contributed by atoms with E-state index in [2.05, 4.69) is 5.32 Å². The molecule has 2 N–H and O–H groups in total. The first kappa shape index (κ1) is 14.1. The van der Waals surface area contributed by atoms with Crippen molar-refractivity contribution >= 4 is 11.7 Å². The highest BCUT2D eigenvalue weighted by molar-refractivity contribution is 5.75. The number of hydrogen-bond donors (Lipinski definition) is 2. The molecule has 0 amide bonds. The van der Waals surface area contributed by atoms with Gasteiger partial charge in [0, 0.05) is 25.8 Å². The normalized spacial score (nSPS) is 12.1. The van der Waals surface area contributed by atoms with Crippen LogP contribution in [0, 0.1) is 10.1 Å². The highest BCUT2D eigenvalue weighted by atomic mass is 16.6. The number of rotatable bonds is 7. The number of benzene rings is 1. The first-order chi connectivity index (χ1) is 8.56. The predicted octanol–water partition coefficient (Wildman–Crippen LogP) is 0.956. The van der Waals surface area contributed by atoms with Crippen LogP contribution in [0.4, 0.5) is 5.69 Å². The van der Waals surface area contributed by atoms with E-state index in [1.807, 2.05) is 0 Å². The summed E-state index contributed by atoms with van der Waals surface area (Å²) in [6.45, 7) is 0.703. The molecule has 1 unspecified atom stereocenters. The maximum absolute atomic E-state index is 11.1. The van der Waals surface area contributed by atoms with Crippen molar-refractivity contribution < 1.29 is 19.6 Å². The number of nitro benzene ring substituents is 1. The van der Waals surface area contributed by atoms with Crippen LogP contribution in [-0.2, 0) is 9.53 Å². The molecule has 0 radical (unpaired) electrons. The molecule has 0 aliphatic heterocycles. The molecule has 7 nitrogen and oxygen atoms in total. The number of methoxy groups -OCH3 is 1. The van der Waals surface area contributed by atoms with E-state index in [9.17, 15) is 14.9 Å². The van der Waals surface area contributed by atoms with Crippen LogP contribution in [0.15, 0.2) is 24.3 Å². The summed E-state index contributed by atoms with van der Waals surface area (Å²) in [7, 11) is 1.50. The average Bonchev–Trinajstić information content (AvgIpc) is 2.34. The van der Waals surface area contributed by atoms with Gasteiger partial charge in [0.1, 0.15) is 6.04 Å². The predicted molar refractivity (Wildman–Crippen MR) is 63.4 cm³/mol. The zero-order chi connectivity index (χ0) is 13.5. The largest absolute Gasteiger partial charge is 0.480 e. The Labute approximate surface area is 104 Å². The summed E-state index contributed by atoms with van der Waals surface area (Å²) in [5.41, 5.74) is 0.208. The van der Waals surface area contributed by atoms with E-state index in [-0.39, 0.29) is 5.69 Å². The van der Waals surface area contributed by atoms with Crippen LogP contribution in [0.2, 0.25) is 0 Å². The summed E-state index contributed by atoms with van der Waals surface area (Å²) >= 11 is 0. The van der Waals surface area contributed by atoms with Crippen molar-refractivity contribution in [2.45, 2.75) is 6.04 Å². The van der Waals surface area contributed by atoms with Gasteiger partial charge in [-0.15, -0.1) is 0 Å². The van der Waals surface area contributed by atoms with E-state index in [0.29, 0.717) is 18.7 Å². The van der Waals surface area contributed by atoms with Gasteiger partial charge < -0.3 is 9.84 Å². The lowest BCUT2D eigenvalue weighted by Crippen LogP contribution is -2.31. The van der Waals surface area contributed by atoms with Crippen molar-refractivity contribution in [3.05, 3.63) is 39.9 Å². The highest BCUT2D eigenvalue weighted by Crippen LogP contribution is 2.19. The molecule has 0 aliphatic rings. The molecule has 0 saturated carbocycles. The molecule has 0 spiro atoms. The number of carbonyl (C=O) groups is 1. The van der Waals surface area contributed by atoms with Gasteiger partial charge in [0.25, 0.3) is 5.69 Å². The van der Waals surface area contributed by atoms with Crippen molar-refractivity contribution in [2.24, 2.45) is 0 Å². The Bertz CT molecular complexity index is 435. The SMILES string of the molecule is COCCNC(C(=O)O)c1cccc([N+](=O)[O-])c1. The standard InChI is InChI=1S/C11H14N2O5/c1-18-6-5-12-10(11(14)15)8-3-2-4-9(7-8)13(16)17/h2-4,7,10,12H,5-6H2,1H3,(H,14,15). The monoisotopic (exact) mass is 254 g/mol. The Morgan fingerprint density at radius 3 is 2.89 bits per heavy atom. The number of non-ortho nitro benzene ring substituents is 1. The van der Waals surface area contributed by atoms with Crippen molar-refractivity contribution in [1.82, 2.24) is 5.32 Å². The summed E-state index contributed by atoms with van der Waals surface area (Å²) in [6, 6.07) is 4.57. The highest BCUT2D eigenvalue weighted by Gasteiger charge is 2.20. The Morgan fingerprint density at radius 2 is 2.33 bits per heavy atom. The molecule has 0 fully saturated rings. The summed E-state index contributed by atoms with van der Waals surface area (Å²) in [5.74, 6) is -1.09. The first-order valence-corrected chi connectivity index (χ1v) is 5.25. The fraction of sp³-hybridized carbons (Fsp3) is 0.364. The van der Waals surface area contributed by atoms with Crippen molar-refractivity contribution in [3.63, 3.8) is 0 Å². The lowest BCUT2D eigenvalue weighted by atomic mass is 10.1. The van der Waals surface area contributed by atoms with Gasteiger partial charge in [-0.3, -0.25) is 20.2 Å². The molecule has 1 rings (SSSR count). The number of aliphatic carboxylic acids is 1. The van der Waals surface area contributed by atoms with Gasteiger partial charge in [0.2, 0.25) is 0 Å². The molecule has 18 heavy (non-hydrogen) atoms. The molecule has 1 atom stereocenters. The molecular weight excluding hydrogens is 240 g/mol. The zero-order valence-corrected chi connectivity index (χ0v) is 9.83. The first-order valence-electron chi connectivity index (χ1n) is 5.25. The summed E-state index contributed by atoms with van der Waals surface area (Å²) in [4.78, 5) is 21.2. The lowest BCUT2D eigenvalue weighted by molar-refractivity contribution is -0.384. The average molecular weight is 254 g/mol. The molecule has 1 aromatic carbocycles. The van der Waals surface area contributed by atoms with E-state index < -0.39 is 16.9 Å². The van der Waals surface area contributed by atoms with Gasteiger partial charge in [-0.25, -0.2) is 0 Å². The minimum atomic E-state index is -1.09. The van der Waals surface area contributed by atoms with Gasteiger partial charge in [-0.05, 0) is 5.56 Å². The van der Waals surface area contributed by atoms with Crippen LogP contribution in [-0.4, -0.2) is 36.3 Å². The number of nitrogens with zero attached hydrogens (tertiary/aromatic N) is 1. The lowest BCUT2D eigenvalue weighted by Gasteiger charge is -2.14. The molecule has 98 valence electrons. The third kappa shape index (κ3) is 3.79. The zero-order valence-electron chi connectivity index (χ0n) is 9.83. The maximum atomic E-state index is 11.1. The number of nitrogens with one attached hydrogen (secondary N) is 1. The molecule has 0 aliphatic carbocycles. The Hall–Kier alpha value is -1.99. The van der Waals surface area contributed by atoms with Crippen LogP contribution in [0.3, 0.4) is 0 Å². The second kappa shape index (κ2) is 6.67. The molecule has 0 saturated heterocycles. The van der Waals surface area contributed by atoms with E-state index >= 15 is 0 Å². The Morgan fingerprint density at radius 1 is 1.61 bits per heavy atom. The van der Waals surface area contributed by atoms with Crippen LogP contribution < -0.4 is 5.32 Å². The number of carboxylic acid groups (broad SMARTS) is 1. The summed E-state index contributed by atoms with van der Waals surface area (Å²) in [5, 5.41) is 22.5. The Kier molecular flexibility index (Phi) is 5.22. The minimum absolute atomic E-state index is 0.132. The molecule has 0 heterocycles. The van der Waals surface area contributed by atoms with E-state index in [1.54, 1.807) is 0 Å². The van der Waals surface area contributed by atoms with Crippen molar-refractivity contribution in [3.8, 4) is 0 Å². The van der Waals surface area contributed by atoms with Crippen LogP contribution in [0.25, 0.3) is 0 Å². The molecule has 0 bridgehead atoms. The maximum Gasteiger partial charge on any atom is 0.325 e. The third-order valence-electron chi connectivity index (χ3n) is 2.32. The Balaban J connectivity index is 2.88. The fourth-order valence-electron chi connectivity index (χ4n) is 1.47. The number of hydrogen-bond acceptors (Lipinski definition) is 5. The second-order valence-corrected chi connectivity index (χ2v) is 3.57. The molecule has 7 heteroatoms. The summed E-state index contributed by atoms with van der Waals surface area (Å²) < 4.78 is 4.81. The minimum Gasteiger partial charge on any atom is -0.480 e. The van der Waals surface area contributed by atoms with Crippen LogP contribution in [0.1, 0.15) is 11.6 Å². The smallest absolute Gasteiger partial charge is 0.325 e. The second-order valence-electron chi connectivity index (χ2n) is 3.57. The molecular formula is C11H14N2O5. The van der Waals surface area contributed by atoms with E-state index in [0.717, 1.165) is 0 Å². The summed E-state index contributed by atoms with van der Waals surface area (Å²) in [6.07, 6.45) is 0. The number of carboxylic acids is 1. The van der Waals surface area contributed by atoms with Gasteiger partial charge in [0.15, 0.2) is 0 Å². The van der Waals surface area contributed by atoms with Gasteiger partial charge in [-0.2, -0.15) is 0 Å². The third-order valence-corrected chi connectivity index (χ3v) is 2.32. The molecule has 0 aromatic heterocycles. The van der Waals surface area contributed by atoms with Crippen molar-refractivity contribution in [1.29, 1.82) is 0 Å². The molecule has 1 aromatic rings. The fourth-order valence-corrected chi connectivity index (χ4v) is 1.47.